The van der Waals surface area contributed by atoms with E-state index in [1.54, 1.807) is 0 Å². The predicted molar refractivity (Wildman–Crippen MR) is 124 cm³/mol. The number of hydrogen-bond acceptors (Lipinski definition) is 3. The lowest BCUT2D eigenvalue weighted by Gasteiger charge is -2.24. The van der Waals surface area contributed by atoms with Gasteiger partial charge in [-0.05, 0) is 68.4 Å². The zero-order valence-corrected chi connectivity index (χ0v) is 18.1. The van der Waals surface area contributed by atoms with Crippen molar-refractivity contribution in [3.63, 3.8) is 0 Å². The maximum atomic E-state index is 13.8. The molecule has 3 aromatic rings. The number of para-hydroxylation sites is 1. The smallest absolute Gasteiger partial charge is 0.255 e. The quantitative estimate of drug-likeness (QED) is 0.591. The van der Waals surface area contributed by atoms with Crippen molar-refractivity contribution in [3.8, 4) is 0 Å². The lowest BCUT2D eigenvalue weighted by Crippen LogP contribution is -2.33. The van der Waals surface area contributed by atoms with Gasteiger partial charge in [0, 0.05) is 41.2 Å². The molecular formula is C27H27N3O2. The number of hydrogen-bond donors (Lipinski definition) is 1. The number of rotatable bonds is 7. The maximum absolute atomic E-state index is 13.8. The van der Waals surface area contributed by atoms with Crippen LogP contribution in [-0.4, -0.2) is 33.8 Å². The largest absolute Gasteiger partial charge is 0.349 e. The molecule has 3 aliphatic rings. The van der Waals surface area contributed by atoms with Crippen molar-refractivity contribution < 1.29 is 9.59 Å². The average molecular weight is 426 g/mol. The Kier molecular flexibility index (Phi) is 4.71. The van der Waals surface area contributed by atoms with Crippen molar-refractivity contribution >= 4 is 22.7 Å². The Morgan fingerprint density at radius 1 is 0.938 bits per heavy atom. The fraction of sp³-hybridized carbons (Fsp3) is 0.370. The second-order valence-electron chi connectivity index (χ2n) is 9.49. The summed E-state index contributed by atoms with van der Waals surface area (Å²) in [5, 5.41) is 3.96. The van der Waals surface area contributed by atoms with E-state index in [-0.39, 0.29) is 17.9 Å². The van der Waals surface area contributed by atoms with E-state index in [4.69, 9.17) is 4.98 Å². The highest BCUT2D eigenvalue weighted by atomic mass is 16.2. The van der Waals surface area contributed by atoms with Gasteiger partial charge in [0.1, 0.15) is 0 Å². The molecule has 3 saturated carbocycles. The highest BCUT2D eigenvalue weighted by molar-refractivity contribution is 6.06. The van der Waals surface area contributed by atoms with Gasteiger partial charge in [-0.15, -0.1) is 0 Å². The normalized spacial score (nSPS) is 17.9. The molecular weight excluding hydrogens is 398 g/mol. The van der Waals surface area contributed by atoms with E-state index >= 15 is 0 Å². The van der Waals surface area contributed by atoms with Gasteiger partial charge in [0.25, 0.3) is 11.8 Å². The summed E-state index contributed by atoms with van der Waals surface area (Å²) in [5.74, 6) is 0.573. The summed E-state index contributed by atoms with van der Waals surface area (Å²) in [6.45, 7) is 0.559. The van der Waals surface area contributed by atoms with Crippen LogP contribution in [-0.2, 0) is 6.54 Å². The SMILES string of the molecule is O=C(NC1CC1)c1ccc(CN(C(=O)c2cc(C3CC3)nc3ccccc23)C2CC2)cc1. The van der Waals surface area contributed by atoms with E-state index in [2.05, 4.69) is 5.32 Å². The van der Waals surface area contributed by atoms with Gasteiger partial charge in [-0.25, -0.2) is 0 Å². The third kappa shape index (κ3) is 3.99. The lowest BCUT2D eigenvalue weighted by molar-refractivity contribution is 0.0731. The molecule has 2 amide bonds. The Morgan fingerprint density at radius 3 is 2.38 bits per heavy atom. The van der Waals surface area contributed by atoms with Crippen LogP contribution >= 0.6 is 0 Å². The number of carbonyl (C=O) groups excluding carboxylic acids is 2. The summed E-state index contributed by atoms with van der Waals surface area (Å²) >= 11 is 0. The number of amides is 2. The van der Waals surface area contributed by atoms with Gasteiger partial charge in [-0.1, -0.05) is 30.3 Å². The second-order valence-corrected chi connectivity index (χ2v) is 9.49. The molecule has 0 atom stereocenters. The number of carbonyl (C=O) groups is 2. The van der Waals surface area contributed by atoms with Gasteiger partial charge in [-0.3, -0.25) is 14.6 Å². The van der Waals surface area contributed by atoms with Crippen LogP contribution in [0.5, 0.6) is 0 Å². The van der Waals surface area contributed by atoms with Crippen LogP contribution in [0.15, 0.2) is 54.6 Å². The van der Waals surface area contributed by atoms with Crippen molar-refractivity contribution in [3.05, 3.63) is 77.0 Å². The molecule has 3 fully saturated rings. The van der Waals surface area contributed by atoms with Gasteiger partial charge >= 0.3 is 0 Å². The summed E-state index contributed by atoms with van der Waals surface area (Å²) < 4.78 is 0. The number of benzene rings is 2. The molecule has 0 spiro atoms. The molecule has 0 saturated heterocycles. The summed E-state index contributed by atoms with van der Waals surface area (Å²) in [7, 11) is 0. The van der Waals surface area contributed by atoms with Gasteiger partial charge < -0.3 is 10.2 Å². The van der Waals surface area contributed by atoms with Crippen LogP contribution in [0.25, 0.3) is 10.9 Å². The van der Waals surface area contributed by atoms with E-state index in [9.17, 15) is 9.59 Å². The average Bonchev–Trinajstić information content (AvgIpc) is 3.65. The van der Waals surface area contributed by atoms with Crippen LogP contribution in [0.1, 0.15) is 76.4 Å². The van der Waals surface area contributed by atoms with Crippen LogP contribution in [0, 0.1) is 0 Å². The van der Waals surface area contributed by atoms with Crippen molar-refractivity contribution in [2.24, 2.45) is 0 Å². The zero-order chi connectivity index (χ0) is 21.7. The topological polar surface area (TPSA) is 62.3 Å². The van der Waals surface area contributed by atoms with Gasteiger partial charge in [0.15, 0.2) is 0 Å². The second kappa shape index (κ2) is 7.73. The minimum Gasteiger partial charge on any atom is -0.349 e. The van der Waals surface area contributed by atoms with Crippen molar-refractivity contribution in [1.82, 2.24) is 15.2 Å². The molecule has 0 radical (unpaired) electrons. The van der Waals surface area contributed by atoms with Crippen molar-refractivity contribution in [2.45, 2.75) is 63.1 Å². The molecule has 1 heterocycles. The van der Waals surface area contributed by atoms with E-state index in [0.717, 1.165) is 66.2 Å². The molecule has 162 valence electrons. The number of aromatic nitrogens is 1. The minimum atomic E-state index is -0.00923. The molecule has 0 unspecified atom stereocenters. The zero-order valence-electron chi connectivity index (χ0n) is 18.1. The highest BCUT2D eigenvalue weighted by Gasteiger charge is 2.35. The molecule has 5 nitrogen and oxygen atoms in total. The Labute approximate surface area is 187 Å². The van der Waals surface area contributed by atoms with Gasteiger partial charge in [0.05, 0.1) is 11.1 Å². The summed E-state index contributed by atoms with van der Waals surface area (Å²) in [6.07, 6.45) is 6.57. The molecule has 0 aliphatic heterocycles. The maximum Gasteiger partial charge on any atom is 0.255 e. The first-order chi connectivity index (χ1) is 15.7. The molecule has 3 aliphatic carbocycles. The standard InChI is InChI=1S/C27H27N3O2/c31-26(28-20-11-12-20)19-7-5-17(6-8-19)16-30(21-13-14-21)27(32)23-15-25(18-9-10-18)29-24-4-2-1-3-22(23)24/h1-8,15,18,20-21H,9-14,16H2,(H,28,31). The van der Waals surface area contributed by atoms with Crippen LogP contribution in [0.3, 0.4) is 0 Å². The molecule has 32 heavy (non-hydrogen) atoms. The Morgan fingerprint density at radius 2 is 1.69 bits per heavy atom. The Hall–Kier alpha value is -3.21. The molecule has 0 bridgehead atoms. The first-order valence-corrected chi connectivity index (χ1v) is 11.8. The van der Waals surface area contributed by atoms with E-state index < -0.39 is 0 Å². The molecule has 2 aromatic carbocycles. The van der Waals surface area contributed by atoms with Gasteiger partial charge in [0.2, 0.25) is 0 Å². The molecule has 6 rings (SSSR count). The van der Waals surface area contributed by atoms with Crippen molar-refractivity contribution in [2.75, 3.05) is 0 Å². The van der Waals surface area contributed by atoms with E-state index in [1.165, 1.54) is 0 Å². The third-order valence-corrected chi connectivity index (χ3v) is 6.69. The van der Waals surface area contributed by atoms with E-state index in [0.29, 0.717) is 24.1 Å². The number of nitrogens with zero attached hydrogens (tertiary/aromatic N) is 2. The fourth-order valence-electron chi connectivity index (χ4n) is 4.32. The monoisotopic (exact) mass is 425 g/mol. The third-order valence-electron chi connectivity index (χ3n) is 6.69. The van der Waals surface area contributed by atoms with Crippen LogP contribution in [0.2, 0.25) is 0 Å². The lowest BCUT2D eigenvalue weighted by atomic mass is 10.0. The molecule has 5 heteroatoms. The van der Waals surface area contributed by atoms with Crippen LogP contribution in [0.4, 0.5) is 0 Å². The number of nitrogens with one attached hydrogen (secondary N) is 1. The number of pyridine rings is 1. The fourth-order valence-corrected chi connectivity index (χ4v) is 4.32. The first kappa shape index (κ1) is 19.5. The summed E-state index contributed by atoms with van der Waals surface area (Å²) in [6, 6.07) is 18.3. The Bertz CT molecular complexity index is 1190. The molecule has 1 aromatic heterocycles. The first-order valence-electron chi connectivity index (χ1n) is 11.8. The van der Waals surface area contributed by atoms with Crippen LogP contribution < -0.4 is 5.32 Å². The molecule has 1 N–H and O–H groups in total. The minimum absolute atomic E-state index is 0.00923. The number of fused-ring (bicyclic) bond motifs is 1. The summed E-state index contributed by atoms with van der Waals surface area (Å²) in [5.41, 5.74) is 4.45. The summed E-state index contributed by atoms with van der Waals surface area (Å²) in [4.78, 5) is 32.9. The Balaban J connectivity index is 1.27. The highest BCUT2D eigenvalue weighted by Crippen LogP contribution is 2.40. The van der Waals surface area contributed by atoms with Crippen molar-refractivity contribution in [1.29, 1.82) is 0 Å². The predicted octanol–water partition coefficient (Wildman–Crippen LogP) is 4.81. The van der Waals surface area contributed by atoms with Gasteiger partial charge in [-0.2, -0.15) is 0 Å². The van der Waals surface area contributed by atoms with E-state index in [1.807, 2.05) is 59.5 Å².